The van der Waals surface area contributed by atoms with Gasteiger partial charge in [-0.3, -0.25) is 14.5 Å². The Morgan fingerprint density at radius 2 is 1.81 bits per heavy atom. The Balaban J connectivity index is 1.73. The maximum absolute atomic E-state index is 13.7. The number of halogens is 1. The molecule has 5 nitrogen and oxygen atoms in total. The molecule has 36 heavy (non-hydrogen) atoms. The minimum atomic E-state index is -0.536. The summed E-state index contributed by atoms with van der Waals surface area (Å²) in [6, 6.07) is 25.0. The lowest BCUT2D eigenvalue weighted by Gasteiger charge is -2.19. The van der Waals surface area contributed by atoms with E-state index in [1.165, 1.54) is 16.7 Å². The third-order valence-corrected chi connectivity index (χ3v) is 7.73. The van der Waals surface area contributed by atoms with E-state index in [0.29, 0.717) is 28.7 Å². The van der Waals surface area contributed by atoms with Gasteiger partial charge in [-0.1, -0.05) is 77.9 Å². The average Bonchev–Trinajstić information content (AvgIpc) is 3.16. The molecule has 1 heterocycles. The molecule has 3 aromatic carbocycles. The first-order valence-electron chi connectivity index (χ1n) is 11.6. The zero-order chi connectivity index (χ0) is 25.8. The Bertz CT molecular complexity index is 1360. The van der Waals surface area contributed by atoms with Crippen molar-refractivity contribution in [3.8, 4) is 6.07 Å². The molecule has 1 unspecified atom stereocenters. The van der Waals surface area contributed by atoms with Crippen molar-refractivity contribution in [1.82, 2.24) is 0 Å². The van der Waals surface area contributed by atoms with E-state index in [1.807, 2.05) is 73.7 Å². The van der Waals surface area contributed by atoms with Gasteiger partial charge in [0.05, 0.1) is 5.25 Å². The molecule has 0 saturated carbocycles. The maximum atomic E-state index is 13.7. The second-order valence-electron chi connectivity index (χ2n) is 8.97. The van der Waals surface area contributed by atoms with Gasteiger partial charge < -0.3 is 5.32 Å². The number of hydrogen-bond acceptors (Lipinski definition) is 4. The molecule has 0 radical (unpaired) electrons. The van der Waals surface area contributed by atoms with Crippen LogP contribution in [0.5, 0.6) is 0 Å². The predicted octanol–water partition coefficient (Wildman–Crippen LogP) is 6.95. The minimum absolute atomic E-state index is 0.0823. The van der Waals surface area contributed by atoms with Crippen molar-refractivity contribution in [2.75, 3.05) is 10.2 Å². The highest BCUT2D eigenvalue weighted by atomic mass is 79.9. The van der Waals surface area contributed by atoms with Crippen LogP contribution in [0.4, 0.5) is 11.4 Å². The van der Waals surface area contributed by atoms with E-state index >= 15 is 0 Å². The van der Waals surface area contributed by atoms with E-state index in [4.69, 9.17) is 0 Å². The smallest absolute Gasteiger partial charge is 0.269 e. The van der Waals surface area contributed by atoms with Crippen LogP contribution in [0.2, 0.25) is 0 Å². The molecule has 1 fully saturated rings. The number of thioether (sulfide) groups is 1. The SMILES string of the molecule is Cc1cccc(NC(=O)/C(C#N)=C2\SC(Cc3ccc(Br)cc3)C(=O)N2c2ccc(C(C)C)cc2)c1. The van der Waals surface area contributed by atoms with Gasteiger partial charge in [-0.2, -0.15) is 5.26 Å². The van der Waals surface area contributed by atoms with E-state index < -0.39 is 11.2 Å². The summed E-state index contributed by atoms with van der Waals surface area (Å²) in [4.78, 5) is 28.4. The molecule has 7 heteroatoms. The summed E-state index contributed by atoms with van der Waals surface area (Å²) in [5, 5.41) is 12.8. The number of rotatable bonds is 6. The molecule has 0 aliphatic carbocycles. The first-order chi connectivity index (χ1) is 17.3. The summed E-state index contributed by atoms with van der Waals surface area (Å²) in [5.41, 5.74) is 4.30. The average molecular weight is 561 g/mol. The summed E-state index contributed by atoms with van der Waals surface area (Å²) >= 11 is 4.71. The normalized spacial score (nSPS) is 16.7. The van der Waals surface area contributed by atoms with E-state index in [2.05, 4.69) is 41.2 Å². The predicted molar refractivity (Wildman–Crippen MR) is 150 cm³/mol. The van der Waals surface area contributed by atoms with Gasteiger partial charge in [-0.25, -0.2) is 0 Å². The van der Waals surface area contributed by atoms with Crippen molar-refractivity contribution in [1.29, 1.82) is 5.26 Å². The molecule has 2 amide bonds. The van der Waals surface area contributed by atoms with E-state index in [0.717, 1.165) is 21.2 Å². The number of hydrogen-bond donors (Lipinski definition) is 1. The molecule has 4 rings (SSSR count). The molecule has 1 atom stereocenters. The fourth-order valence-electron chi connectivity index (χ4n) is 3.98. The van der Waals surface area contributed by atoms with Crippen molar-refractivity contribution in [3.63, 3.8) is 0 Å². The first kappa shape index (κ1) is 25.7. The number of nitrogens with one attached hydrogen (secondary N) is 1. The summed E-state index contributed by atoms with van der Waals surface area (Å²) in [7, 11) is 0. The van der Waals surface area contributed by atoms with Crippen LogP contribution in [0.1, 0.15) is 36.5 Å². The lowest BCUT2D eigenvalue weighted by Crippen LogP contribution is -2.31. The van der Waals surface area contributed by atoms with Crippen LogP contribution in [0, 0.1) is 18.3 Å². The van der Waals surface area contributed by atoms with Gasteiger partial charge in [0, 0.05) is 15.8 Å². The van der Waals surface area contributed by atoms with Crippen molar-refractivity contribution in [2.24, 2.45) is 0 Å². The van der Waals surface area contributed by atoms with Crippen LogP contribution in [0.25, 0.3) is 0 Å². The number of amides is 2. The number of carbonyl (C=O) groups is 2. The number of aryl methyl sites for hydroxylation is 1. The minimum Gasteiger partial charge on any atom is -0.321 e. The lowest BCUT2D eigenvalue weighted by atomic mass is 10.0. The van der Waals surface area contributed by atoms with Crippen molar-refractivity contribution >= 4 is 50.9 Å². The fourth-order valence-corrected chi connectivity index (χ4v) is 5.55. The number of carbonyl (C=O) groups excluding carboxylic acids is 2. The van der Waals surface area contributed by atoms with Gasteiger partial charge in [-0.05, 0) is 72.4 Å². The third-order valence-electron chi connectivity index (χ3n) is 5.93. The van der Waals surface area contributed by atoms with Crippen LogP contribution < -0.4 is 10.2 Å². The van der Waals surface area contributed by atoms with Crippen LogP contribution in [-0.2, 0) is 16.0 Å². The highest BCUT2D eigenvalue weighted by Gasteiger charge is 2.40. The Labute approximate surface area is 224 Å². The largest absolute Gasteiger partial charge is 0.321 e. The topological polar surface area (TPSA) is 73.2 Å². The Hall–Kier alpha value is -3.34. The maximum Gasteiger partial charge on any atom is 0.269 e. The van der Waals surface area contributed by atoms with E-state index in [-0.39, 0.29) is 11.5 Å². The quantitative estimate of drug-likeness (QED) is 0.262. The number of anilines is 2. The molecule has 1 aliphatic rings. The summed E-state index contributed by atoms with van der Waals surface area (Å²) in [6.07, 6.45) is 0.485. The zero-order valence-electron chi connectivity index (χ0n) is 20.3. The van der Waals surface area contributed by atoms with Crippen molar-refractivity contribution in [3.05, 3.63) is 105 Å². The monoisotopic (exact) mass is 559 g/mol. The van der Waals surface area contributed by atoms with E-state index in [9.17, 15) is 14.9 Å². The Morgan fingerprint density at radius 3 is 2.42 bits per heavy atom. The zero-order valence-corrected chi connectivity index (χ0v) is 22.7. The molecule has 0 spiro atoms. The van der Waals surface area contributed by atoms with Gasteiger partial charge in [0.15, 0.2) is 0 Å². The Kier molecular flexibility index (Phi) is 7.97. The second kappa shape index (κ2) is 11.2. The highest BCUT2D eigenvalue weighted by molar-refractivity contribution is 9.10. The van der Waals surface area contributed by atoms with Gasteiger partial charge in [0.25, 0.3) is 5.91 Å². The summed E-state index contributed by atoms with van der Waals surface area (Å²) < 4.78 is 0.962. The molecule has 3 aromatic rings. The van der Waals surface area contributed by atoms with Gasteiger partial charge >= 0.3 is 0 Å². The Morgan fingerprint density at radius 1 is 1.11 bits per heavy atom. The number of nitriles is 1. The summed E-state index contributed by atoms with van der Waals surface area (Å²) in [5.74, 6) is -0.338. The van der Waals surface area contributed by atoms with Crippen LogP contribution >= 0.6 is 27.7 Å². The molecule has 1 aliphatic heterocycles. The van der Waals surface area contributed by atoms with Crippen molar-refractivity contribution in [2.45, 2.75) is 38.4 Å². The standard InChI is InChI=1S/C29H26BrN3O2S/c1-18(2)21-9-13-24(14-10-21)33-28(35)26(16-20-7-11-22(30)12-8-20)36-29(33)25(17-31)27(34)32-23-6-4-5-19(3)15-23/h4-15,18,26H,16H2,1-3H3,(H,32,34)/b29-25-. The molecule has 0 aromatic heterocycles. The first-order valence-corrected chi connectivity index (χ1v) is 13.3. The third kappa shape index (κ3) is 5.72. The molecule has 182 valence electrons. The van der Waals surface area contributed by atoms with E-state index in [1.54, 1.807) is 6.07 Å². The second-order valence-corrected chi connectivity index (χ2v) is 11.1. The fraction of sp³-hybridized carbons (Fsp3) is 0.207. The number of nitrogens with zero attached hydrogens (tertiary/aromatic N) is 2. The highest BCUT2D eigenvalue weighted by Crippen LogP contribution is 2.42. The van der Waals surface area contributed by atoms with Crippen LogP contribution in [0.3, 0.4) is 0 Å². The molecule has 1 N–H and O–H groups in total. The number of benzene rings is 3. The molecule has 0 bridgehead atoms. The molecular weight excluding hydrogens is 534 g/mol. The van der Waals surface area contributed by atoms with Crippen LogP contribution in [0.15, 0.2) is 87.9 Å². The van der Waals surface area contributed by atoms with Gasteiger partial charge in [-0.15, -0.1) is 0 Å². The molecular formula is C29H26BrN3O2S. The van der Waals surface area contributed by atoms with Crippen molar-refractivity contribution < 1.29 is 9.59 Å². The summed E-state index contributed by atoms with van der Waals surface area (Å²) in [6.45, 7) is 6.14. The lowest BCUT2D eigenvalue weighted by molar-refractivity contribution is -0.117. The van der Waals surface area contributed by atoms with Crippen LogP contribution in [-0.4, -0.2) is 17.1 Å². The molecule has 1 saturated heterocycles. The van der Waals surface area contributed by atoms with Gasteiger partial charge in [0.1, 0.15) is 16.7 Å². The van der Waals surface area contributed by atoms with Gasteiger partial charge in [0.2, 0.25) is 5.91 Å².